The topological polar surface area (TPSA) is 27.7 Å². The highest BCUT2D eigenvalue weighted by Crippen LogP contribution is 2.28. The molecule has 0 aliphatic rings. The molecule has 0 N–H and O–H groups in total. The molecule has 0 saturated heterocycles. The van der Waals surface area contributed by atoms with E-state index in [4.69, 9.17) is 14.2 Å². The quantitative estimate of drug-likeness (QED) is 0.536. The maximum absolute atomic E-state index is 5.57. The lowest BCUT2D eigenvalue weighted by Gasteiger charge is -2.12. The smallest absolute Gasteiger partial charge is 0.126 e. The van der Waals surface area contributed by atoms with Crippen LogP contribution < -0.4 is 14.2 Å². The minimum absolute atomic E-state index is 0.611. The van der Waals surface area contributed by atoms with Crippen LogP contribution in [0.5, 0.6) is 17.2 Å². The van der Waals surface area contributed by atoms with E-state index in [0.717, 1.165) is 33.2 Å². The summed E-state index contributed by atoms with van der Waals surface area (Å²) in [5.74, 6) is 2.27. The molecule has 1 rings (SSSR count). The standard InChI is InChI=1S/C12H15Br3O3/c13-1-4-16-10-7-11(17-5-2-14)9-12(8-10)18-6-3-15/h7-9H,1-6H2. The van der Waals surface area contributed by atoms with E-state index in [9.17, 15) is 0 Å². The Morgan fingerprint density at radius 3 is 1.11 bits per heavy atom. The van der Waals surface area contributed by atoms with Crippen LogP contribution in [0.25, 0.3) is 0 Å². The molecule has 0 aliphatic carbocycles. The molecule has 0 saturated carbocycles. The van der Waals surface area contributed by atoms with Gasteiger partial charge in [0.1, 0.15) is 17.2 Å². The number of ether oxygens (including phenoxy) is 3. The Kier molecular flexibility index (Phi) is 8.88. The molecule has 0 amide bonds. The lowest BCUT2D eigenvalue weighted by atomic mass is 10.3. The van der Waals surface area contributed by atoms with Gasteiger partial charge in [-0.05, 0) is 0 Å². The number of alkyl halides is 3. The maximum atomic E-state index is 5.57. The van der Waals surface area contributed by atoms with E-state index >= 15 is 0 Å². The molecule has 6 heteroatoms. The number of rotatable bonds is 9. The third-order valence-corrected chi connectivity index (χ3v) is 2.86. The largest absolute Gasteiger partial charge is 0.492 e. The molecule has 1 aromatic carbocycles. The summed E-state index contributed by atoms with van der Waals surface area (Å²) in [7, 11) is 0. The first-order chi connectivity index (χ1) is 8.80. The van der Waals surface area contributed by atoms with Gasteiger partial charge in [-0.25, -0.2) is 0 Å². The van der Waals surface area contributed by atoms with E-state index in [1.54, 1.807) is 0 Å². The minimum Gasteiger partial charge on any atom is -0.492 e. The maximum Gasteiger partial charge on any atom is 0.126 e. The predicted octanol–water partition coefficient (Wildman–Crippen LogP) is 4.01. The van der Waals surface area contributed by atoms with Gasteiger partial charge >= 0.3 is 0 Å². The number of halogens is 3. The van der Waals surface area contributed by atoms with E-state index in [-0.39, 0.29) is 0 Å². The zero-order valence-corrected chi connectivity index (χ0v) is 14.6. The summed E-state index contributed by atoms with van der Waals surface area (Å²) in [5, 5.41) is 2.37. The number of hydrogen-bond acceptors (Lipinski definition) is 3. The van der Waals surface area contributed by atoms with Gasteiger partial charge in [-0.3, -0.25) is 0 Å². The van der Waals surface area contributed by atoms with Gasteiger partial charge in [-0.15, -0.1) is 0 Å². The van der Waals surface area contributed by atoms with Crippen molar-refractivity contribution >= 4 is 47.8 Å². The molecular weight excluding hydrogens is 432 g/mol. The summed E-state index contributed by atoms with van der Waals surface area (Å²) in [5.41, 5.74) is 0. The summed E-state index contributed by atoms with van der Waals surface area (Å²) < 4.78 is 16.7. The second kappa shape index (κ2) is 9.92. The van der Waals surface area contributed by atoms with E-state index in [1.807, 2.05) is 18.2 Å². The van der Waals surface area contributed by atoms with E-state index < -0.39 is 0 Å². The van der Waals surface area contributed by atoms with Crippen LogP contribution in [0.2, 0.25) is 0 Å². The molecule has 0 bridgehead atoms. The van der Waals surface area contributed by atoms with Gasteiger partial charge in [0.05, 0.1) is 19.8 Å². The zero-order chi connectivity index (χ0) is 13.2. The summed E-state index contributed by atoms with van der Waals surface area (Å²) >= 11 is 9.98. The summed E-state index contributed by atoms with van der Waals surface area (Å²) in [4.78, 5) is 0. The van der Waals surface area contributed by atoms with Crippen molar-refractivity contribution in [2.45, 2.75) is 0 Å². The molecule has 0 atom stereocenters. The highest BCUT2D eigenvalue weighted by Gasteiger charge is 2.04. The molecular formula is C12H15Br3O3. The monoisotopic (exact) mass is 444 g/mol. The average molecular weight is 447 g/mol. The average Bonchev–Trinajstić information content (AvgIpc) is 2.40. The molecule has 0 aromatic heterocycles. The van der Waals surface area contributed by atoms with Gasteiger partial charge in [-0.2, -0.15) is 0 Å². The van der Waals surface area contributed by atoms with Gasteiger partial charge in [0.2, 0.25) is 0 Å². The molecule has 0 heterocycles. The fraction of sp³-hybridized carbons (Fsp3) is 0.500. The third-order valence-electron chi connectivity index (χ3n) is 1.89. The minimum atomic E-state index is 0.611. The van der Waals surface area contributed by atoms with E-state index in [2.05, 4.69) is 47.8 Å². The first-order valence-corrected chi connectivity index (χ1v) is 8.88. The third kappa shape index (κ3) is 6.29. The normalized spacial score (nSPS) is 10.2. The van der Waals surface area contributed by atoms with E-state index in [1.165, 1.54) is 0 Å². The van der Waals surface area contributed by atoms with Gasteiger partial charge in [0.25, 0.3) is 0 Å². The SMILES string of the molecule is BrCCOc1cc(OCCBr)cc(OCCBr)c1. The van der Waals surface area contributed by atoms with Crippen molar-refractivity contribution in [1.82, 2.24) is 0 Å². The predicted molar refractivity (Wildman–Crippen MR) is 84.3 cm³/mol. The van der Waals surface area contributed by atoms with Crippen molar-refractivity contribution < 1.29 is 14.2 Å². The van der Waals surface area contributed by atoms with Crippen LogP contribution in [-0.2, 0) is 0 Å². The summed E-state index contributed by atoms with van der Waals surface area (Å²) in [6.45, 7) is 1.83. The molecule has 0 fully saturated rings. The van der Waals surface area contributed by atoms with Crippen LogP contribution in [0.15, 0.2) is 18.2 Å². The molecule has 18 heavy (non-hydrogen) atoms. The van der Waals surface area contributed by atoms with Crippen molar-refractivity contribution in [1.29, 1.82) is 0 Å². The molecule has 102 valence electrons. The first kappa shape index (κ1) is 16.1. The fourth-order valence-corrected chi connectivity index (χ4v) is 1.75. The van der Waals surface area contributed by atoms with Gasteiger partial charge in [0.15, 0.2) is 0 Å². The molecule has 0 spiro atoms. The van der Waals surface area contributed by atoms with Crippen molar-refractivity contribution in [3.8, 4) is 17.2 Å². The Bertz CT molecular complexity index is 283. The van der Waals surface area contributed by atoms with Crippen LogP contribution in [0, 0.1) is 0 Å². The Hall–Kier alpha value is 0.0600. The molecule has 1 aromatic rings. The van der Waals surface area contributed by atoms with Gasteiger partial charge < -0.3 is 14.2 Å². The van der Waals surface area contributed by atoms with Crippen LogP contribution in [-0.4, -0.2) is 35.8 Å². The Morgan fingerprint density at radius 2 is 0.889 bits per heavy atom. The highest BCUT2D eigenvalue weighted by atomic mass is 79.9. The molecule has 0 radical (unpaired) electrons. The van der Waals surface area contributed by atoms with Crippen LogP contribution >= 0.6 is 47.8 Å². The Labute approximate surface area is 133 Å². The Balaban J connectivity index is 2.74. The molecule has 0 aliphatic heterocycles. The molecule has 3 nitrogen and oxygen atoms in total. The van der Waals surface area contributed by atoms with E-state index in [0.29, 0.717) is 19.8 Å². The lowest BCUT2D eigenvalue weighted by molar-refractivity contribution is 0.311. The van der Waals surface area contributed by atoms with Crippen molar-refractivity contribution in [2.24, 2.45) is 0 Å². The van der Waals surface area contributed by atoms with Crippen LogP contribution in [0.4, 0.5) is 0 Å². The van der Waals surface area contributed by atoms with Crippen LogP contribution in [0.1, 0.15) is 0 Å². The zero-order valence-electron chi connectivity index (χ0n) is 9.83. The highest BCUT2D eigenvalue weighted by molar-refractivity contribution is 9.09. The Morgan fingerprint density at radius 1 is 0.611 bits per heavy atom. The number of benzene rings is 1. The summed E-state index contributed by atoms with van der Waals surface area (Å²) in [6, 6.07) is 5.60. The van der Waals surface area contributed by atoms with Gasteiger partial charge in [-0.1, -0.05) is 47.8 Å². The second-order valence-electron chi connectivity index (χ2n) is 3.25. The summed E-state index contributed by atoms with van der Waals surface area (Å²) in [6.07, 6.45) is 0. The fourth-order valence-electron chi connectivity index (χ4n) is 1.26. The second-order valence-corrected chi connectivity index (χ2v) is 5.63. The van der Waals surface area contributed by atoms with Crippen molar-refractivity contribution in [3.05, 3.63) is 18.2 Å². The lowest BCUT2D eigenvalue weighted by Crippen LogP contribution is -2.03. The molecule has 0 unspecified atom stereocenters. The van der Waals surface area contributed by atoms with Crippen molar-refractivity contribution in [2.75, 3.05) is 35.8 Å². The van der Waals surface area contributed by atoms with Crippen molar-refractivity contribution in [3.63, 3.8) is 0 Å². The number of hydrogen-bond donors (Lipinski definition) is 0. The van der Waals surface area contributed by atoms with Gasteiger partial charge in [0, 0.05) is 34.2 Å². The van der Waals surface area contributed by atoms with Crippen LogP contribution in [0.3, 0.4) is 0 Å². The first-order valence-electron chi connectivity index (χ1n) is 5.51.